The van der Waals surface area contributed by atoms with Crippen molar-refractivity contribution in [1.82, 2.24) is 44.9 Å². The van der Waals surface area contributed by atoms with Crippen LogP contribution in [0.1, 0.15) is 77.8 Å². The van der Waals surface area contributed by atoms with E-state index in [-0.39, 0.29) is 54.7 Å². The number of aromatic amines is 1. The zero-order valence-electron chi connectivity index (χ0n) is 36.3. The monoisotopic (exact) mass is 968 g/mol. The summed E-state index contributed by atoms with van der Waals surface area (Å²) < 4.78 is 35.3. The summed E-state index contributed by atoms with van der Waals surface area (Å²) in [4.78, 5) is 78.9. The zero-order chi connectivity index (χ0) is 46.8. The van der Waals surface area contributed by atoms with E-state index in [9.17, 15) is 32.4 Å². The minimum Gasteiger partial charge on any atom is -0.486 e. The van der Waals surface area contributed by atoms with Gasteiger partial charge in [-0.1, -0.05) is 35.3 Å². The van der Waals surface area contributed by atoms with Crippen LogP contribution in [0.15, 0.2) is 73.2 Å². The number of benzene rings is 2. The van der Waals surface area contributed by atoms with E-state index in [2.05, 4.69) is 30.7 Å². The third kappa shape index (κ3) is 7.99. The Bertz CT molecular complexity index is 2890. The summed E-state index contributed by atoms with van der Waals surface area (Å²) >= 11 is 12.7. The number of pyridine rings is 2. The second kappa shape index (κ2) is 17.3. The Labute approximate surface area is 395 Å². The summed E-state index contributed by atoms with van der Waals surface area (Å²) in [6.45, 7) is 4.81. The highest BCUT2D eigenvalue weighted by atomic mass is 35.5. The number of rotatable bonds is 13. The fourth-order valence-electron chi connectivity index (χ4n) is 10.1. The van der Waals surface area contributed by atoms with Crippen molar-refractivity contribution in [3.05, 3.63) is 99.9 Å². The molecular formula is C46H46Cl2N10O8S. The van der Waals surface area contributed by atoms with Gasteiger partial charge in [-0.25, -0.2) is 22.6 Å². The minimum atomic E-state index is -3.57. The summed E-state index contributed by atoms with van der Waals surface area (Å²) in [5, 5.41) is 14.1. The maximum Gasteiger partial charge on any atom is 0.268 e. The lowest BCUT2D eigenvalue weighted by Gasteiger charge is -2.60. The number of anilines is 1. The Morgan fingerprint density at radius 3 is 2.30 bits per heavy atom. The van der Waals surface area contributed by atoms with Gasteiger partial charge < -0.3 is 14.5 Å². The van der Waals surface area contributed by atoms with Gasteiger partial charge in [-0.05, 0) is 75.2 Å². The molecule has 10 rings (SSSR count). The van der Waals surface area contributed by atoms with Gasteiger partial charge in [-0.3, -0.25) is 44.7 Å². The van der Waals surface area contributed by atoms with E-state index in [1.54, 1.807) is 27.5 Å². The maximum atomic E-state index is 13.8. The fourth-order valence-corrected chi connectivity index (χ4v) is 12.9. The van der Waals surface area contributed by atoms with Gasteiger partial charge in [-0.2, -0.15) is 5.10 Å². The number of nitrogens with zero attached hydrogens (tertiary/aromatic N) is 7. The van der Waals surface area contributed by atoms with Crippen LogP contribution in [-0.2, 0) is 24.4 Å². The molecular weight excluding hydrogens is 924 g/mol. The summed E-state index contributed by atoms with van der Waals surface area (Å²) in [7, 11) is -3.57. The molecule has 1 unspecified atom stereocenters. The second-order valence-corrected chi connectivity index (χ2v) is 21.0. The van der Waals surface area contributed by atoms with Crippen molar-refractivity contribution in [2.45, 2.75) is 62.5 Å². The highest BCUT2D eigenvalue weighted by Gasteiger charge is 2.57. The molecule has 21 heteroatoms. The first-order valence-corrected chi connectivity index (χ1v) is 24.4. The fraction of sp³-hybridized carbons (Fsp3) is 0.391. The van der Waals surface area contributed by atoms with E-state index in [0.717, 1.165) is 32.9 Å². The summed E-state index contributed by atoms with van der Waals surface area (Å²) in [5.41, 5.74) is 1.45. The Hall–Kier alpha value is -5.99. The number of imide groups is 2. The van der Waals surface area contributed by atoms with Crippen LogP contribution in [0.4, 0.5) is 5.82 Å². The van der Waals surface area contributed by atoms with E-state index in [4.69, 9.17) is 32.9 Å². The van der Waals surface area contributed by atoms with Crippen molar-refractivity contribution >= 4 is 79.5 Å². The Kier molecular flexibility index (Phi) is 11.6. The Morgan fingerprint density at radius 1 is 0.940 bits per heavy atom. The molecule has 0 saturated carbocycles. The molecule has 0 radical (unpaired) electrons. The van der Waals surface area contributed by atoms with Crippen LogP contribution >= 0.6 is 23.2 Å². The molecule has 5 amide bonds. The van der Waals surface area contributed by atoms with E-state index < -0.39 is 50.7 Å². The van der Waals surface area contributed by atoms with Gasteiger partial charge >= 0.3 is 0 Å². The third-order valence-electron chi connectivity index (χ3n) is 13.6. The number of nitrogens with one attached hydrogen (secondary N) is 3. The van der Waals surface area contributed by atoms with Crippen LogP contribution in [0.5, 0.6) is 5.75 Å². The topological polar surface area (TPSA) is 220 Å². The van der Waals surface area contributed by atoms with E-state index in [1.807, 2.05) is 37.3 Å². The number of amides is 5. The van der Waals surface area contributed by atoms with Gasteiger partial charge in [0, 0.05) is 99.0 Å². The average molecular weight is 970 g/mol. The lowest BCUT2D eigenvalue weighted by Crippen LogP contribution is -2.73. The number of piperidine rings is 2. The predicted octanol–water partition coefficient (Wildman–Crippen LogP) is 4.71. The smallest absolute Gasteiger partial charge is 0.268 e. The molecule has 0 aliphatic carbocycles. The predicted molar refractivity (Wildman–Crippen MR) is 247 cm³/mol. The zero-order valence-corrected chi connectivity index (χ0v) is 38.7. The molecule has 1 spiro atoms. The highest BCUT2D eigenvalue weighted by Crippen LogP contribution is 2.44. The average Bonchev–Trinajstić information content (AvgIpc) is 3.82. The first-order valence-electron chi connectivity index (χ1n) is 22.2. The summed E-state index contributed by atoms with van der Waals surface area (Å²) in [5.74, 6) is -1.32. The van der Waals surface area contributed by atoms with Crippen molar-refractivity contribution < 1.29 is 37.1 Å². The maximum absolute atomic E-state index is 13.8. The van der Waals surface area contributed by atoms with Crippen molar-refractivity contribution in [2.75, 3.05) is 50.7 Å². The number of fused-ring (bicyclic) bond motifs is 2. The molecule has 67 heavy (non-hydrogen) atoms. The number of halogens is 2. The van der Waals surface area contributed by atoms with Crippen molar-refractivity contribution in [3.63, 3.8) is 0 Å². The quantitative estimate of drug-likeness (QED) is 0.108. The molecule has 4 fully saturated rings. The van der Waals surface area contributed by atoms with E-state index in [1.165, 1.54) is 24.5 Å². The Balaban J connectivity index is 0.684. The van der Waals surface area contributed by atoms with Gasteiger partial charge in [0.15, 0.2) is 5.66 Å². The van der Waals surface area contributed by atoms with Crippen LogP contribution in [-0.4, -0.2) is 129 Å². The lowest BCUT2D eigenvalue weighted by molar-refractivity contribution is -0.143. The van der Waals surface area contributed by atoms with Gasteiger partial charge in [-0.15, -0.1) is 0 Å². The minimum absolute atomic E-state index is 0.0830. The summed E-state index contributed by atoms with van der Waals surface area (Å²) in [6.07, 6.45) is 5.25. The molecule has 5 aliphatic heterocycles. The number of sulfonamides is 1. The molecule has 348 valence electrons. The number of hydrogen-bond donors (Lipinski definition) is 3. The number of hydrogen-bond acceptors (Lipinski definition) is 13. The van der Waals surface area contributed by atoms with Crippen LogP contribution in [0, 0.1) is 5.41 Å². The number of carbonyl (C=O) groups excluding carboxylic acids is 5. The van der Waals surface area contributed by atoms with Crippen molar-refractivity contribution in [3.8, 4) is 17.0 Å². The largest absolute Gasteiger partial charge is 0.486 e. The number of H-pyrrole nitrogens is 1. The molecule has 3 N–H and O–H groups in total. The molecule has 4 saturated heterocycles. The van der Waals surface area contributed by atoms with Crippen LogP contribution in [0.25, 0.3) is 22.2 Å². The van der Waals surface area contributed by atoms with Crippen molar-refractivity contribution in [2.24, 2.45) is 5.41 Å². The van der Waals surface area contributed by atoms with Crippen LogP contribution < -0.4 is 20.3 Å². The first-order chi connectivity index (χ1) is 32.2. The van der Waals surface area contributed by atoms with Gasteiger partial charge in [0.05, 0.1) is 31.9 Å². The SMILES string of the molecule is C[C@@H](Oc1ccc2[nH]nc(-c3ccc(N4CC5(C4)CN(S(=O)(=O)C4CCN(C(=O)CCCNC6(N7C(=O)c8ccccc8C7=O)CCC(=O)NC6=O)CC4)C5)nc3)c2c1)c1c(Cl)cncc1Cl. The first kappa shape index (κ1) is 44.8. The number of carbonyl (C=O) groups is 5. The van der Waals surface area contributed by atoms with E-state index >= 15 is 0 Å². The number of aromatic nitrogens is 4. The number of likely N-dealkylation sites (tertiary alicyclic amines) is 1. The third-order valence-corrected chi connectivity index (χ3v) is 16.5. The molecule has 18 nitrogen and oxygen atoms in total. The summed E-state index contributed by atoms with van der Waals surface area (Å²) in [6, 6.07) is 15.9. The highest BCUT2D eigenvalue weighted by molar-refractivity contribution is 7.89. The van der Waals surface area contributed by atoms with Gasteiger partial charge in [0.1, 0.15) is 23.4 Å². The van der Waals surface area contributed by atoms with Gasteiger partial charge in [0.25, 0.3) is 17.7 Å². The van der Waals surface area contributed by atoms with Crippen LogP contribution in [0.2, 0.25) is 10.0 Å². The molecule has 5 aliphatic rings. The molecule has 2 atom stereocenters. The Morgan fingerprint density at radius 2 is 1.64 bits per heavy atom. The van der Waals surface area contributed by atoms with Crippen LogP contribution in [0.3, 0.4) is 0 Å². The normalized spacial score (nSPS) is 21.3. The van der Waals surface area contributed by atoms with Gasteiger partial charge in [0.2, 0.25) is 21.8 Å². The lowest BCUT2D eigenvalue weighted by atomic mass is 9.74. The number of ether oxygens (including phenoxy) is 1. The molecule has 0 bridgehead atoms. The van der Waals surface area contributed by atoms with Crippen molar-refractivity contribution in [1.29, 1.82) is 0 Å². The molecule has 2 aromatic carbocycles. The standard InChI is InChI=1S/C46H46Cl2N10O8S/c1-27(40-34(47)21-49-22-35(40)48)66-29-9-10-36-33(19-29)41(54-53-36)28-8-11-37(50-20-28)56-23-45(24-56)25-57(26-45)67(64,65)30-13-17-55(18-14-30)39(60)7-4-16-51-46(15-12-38(59)52-44(46)63)58-42(61)31-5-2-3-6-32(31)43(58)62/h2-3,5-6,8-11,19-22,27,30,51H,4,7,12-18,23-26H2,1H3,(H,53,54)(H,52,59,63)/t27-,46?/m1/s1. The second-order valence-electron chi connectivity index (χ2n) is 18.0. The molecule has 5 aromatic rings. The van der Waals surface area contributed by atoms with E-state index in [0.29, 0.717) is 73.5 Å². The molecule has 3 aromatic heterocycles. The molecule has 8 heterocycles.